The lowest BCUT2D eigenvalue weighted by atomic mass is 9.74. The minimum absolute atomic E-state index is 0.0158. The minimum Gasteiger partial charge on any atom is -0.481 e. The lowest BCUT2D eigenvalue weighted by Crippen LogP contribution is -2.59. The zero-order valence-electron chi connectivity index (χ0n) is 43.4. The van der Waals surface area contributed by atoms with Gasteiger partial charge in [-0.3, -0.25) is 37.8 Å². The summed E-state index contributed by atoms with van der Waals surface area (Å²) in [6.07, 6.45) is 9.00. The molecule has 3 aliphatic rings. The molecule has 0 saturated carbocycles. The van der Waals surface area contributed by atoms with Gasteiger partial charge in [0.2, 0.25) is 33.7 Å². The van der Waals surface area contributed by atoms with E-state index in [4.69, 9.17) is 15.0 Å². The first-order valence-electron chi connectivity index (χ1n) is 24.7. The van der Waals surface area contributed by atoms with Crippen LogP contribution >= 0.6 is 0 Å². The highest BCUT2D eigenvalue weighted by Gasteiger charge is 2.48. The normalized spacial score (nSPS) is 16.9. The number of aromatic nitrogens is 2. The second-order valence-electron chi connectivity index (χ2n) is 19.6. The van der Waals surface area contributed by atoms with Crippen molar-refractivity contribution in [3.8, 4) is 0 Å². The number of carboxylic acid groups (broad SMARTS) is 1. The molecule has 0 bridgehead atoms. The van der Waals surface area contributed by atoms with E-state index in [1.165, 1.54) is 16.8 Å². The molecule has 4 amide bonds. The number of carbonyl (C=O) groups is 5. The summed E-state index contributed by atoms with van der Waals surface area (Å²) in [4.78, 5) is 74.8. The van der Waals surface area contributed by atoms with Crippen LogP contribution in [0.2, 0.25) is 0 Å². The fourth-order valence-corrected chi connectivity index (χ4v) is 10.2. The Hall–Kier alpha value is -6.53. The molecule has 0 aliphatic carbocycles. The smallest absolute Gasteiger partial charge is 0.305 e. The number of hydrogen-bond donors (Lipinski definition) is 6. The maximum Gasteiger partial charge on any atom is 0.305 e. The largest absolute Gasteiger partial charge is 0.481 e. The number of sulfonamides is 1. The number of carbonyl (C=O) groups excluding carboxylic acids is 4. The van der Waals surface area contributed by atoms with Crippen molar-refractivity contribution >= 4 is 61.2 Å². The number of likely N-dealkylation sites (tertiary alicyclic amines) is 2. The maximum absolute atomic E-state index is 13.6. The van der Waals surface area contributed by atoms with Crippen LogP contribution in [0.1, 0.15) is 86.9 Å². The molecule has 2 saturated heterocycles. The topological polar surface area (TPSA) is 301 Å². The van der Waals surface area contributed by atoms with Gasteiger partial charge in [0.25, 0.3) is 10.1 Å². The molecule has 7 rings (SSSR count). The number of rotatable bonds is 19. The molecular formula is C52H71N9O12S2. The van der Waals surface area contributed by atoms with E-state index < -0.39 is 49.6 Å². The van der Waals surface area contributed by atoms with Crippen LogP contribution < -0.4 is 26.0 Å². The zero-order chi connectivity index (χ0) is 55.1. The highest BCUT2D eigenvalue weighted by molar-refractivity contribution is 7.92. The van der Waals surface area contributed by atoms with Crippen molar-refractivity contribution in [2.24, 2.45) is 11.7 Å². The summed E-state index contributed by atoms with van der Waals surface area (Å²) >= 11 is 0. The first-order chi connectivity index (χ1) is 35.3. The molecule has 75 heavy (non-hydrogen) atoms. The Bertz CT molecular complexity index is 2820. The van der Waals surface area contributed by atoms with Crippen molar-refractivity contribution in [3.05, 3.63) is 119 Å². The number of anilines is 2. The van der Waals surface area contributed by atoms with Gasteiger partial charge >= 0.3 is 5.97 Å². The SMILES string of the molecule is CC(C)(N)C(=O)N[C@H](COCc1ccccc1)C(=O)N1CCC2(CC1)CN(S(C)(=O)=O)c1ccccc12.CCc1ccc(CC[C@H]2CCN(CC(=O)N[C@@H](CC(=O)O)c3cccnc3)C2=O)nc1NC.CS(=O)(=O)O. The Labute approximate surface area is 439 Å². The van der Waals surface area contributed by atoms with Crippen LogP contribution in [-0.4, -0.2) is 146 Å². The van der Waals surface area contributed by atoms with Crippen molar-refractivity contribution in [2.45, 2.75) is 95.4 Å². The number of benzene rings is 2. The number of hydrogen-bond acceptors (Lipinski definition) is 14. The van der Waals surface area contributed by atoms with Crippen LogP contribution in [0.5, 0.6) is 0 Å². The molecule has 4 aromatic rings. The molecular weight excluding hydrogens is 1010 g/mol. The van der Waals surface area contributed by atoms with Crippen molar-refractivity contribution in [3.63, 3.8) is 0 Å². The number of aliphatic carboxylic acids is 1. The first-order valence-corrected chi connectivity index (χ1v) is 28.4. The molecule has 7 N–H and O–H groups in total. The Morgan fingerprint density at radius 3 is 2.20 bits per heavy atom. The Balaban J connectivity index is 0.000000256. The molecule has 2 aromatic heterocycles. The lowest BCUT2D eigenvalue weighted by molar-refractivity contribution is -0.140. The number of aryl methyl sites for hydroxylation is 2. The summed E-state index contributed by atoms with van der Waals surface area (Å²) in [5.41, 5.74) is 9.87. The first kappa shape index (κ1) is 59.3. The van der Waals surface area contributed by atoms with Crippen molar-refractivity contribution in [2.75, 3.05) is 68.5 Å². The van der Waals surface area contributed by atoms with Crippen molar-refractivity contribution < 1.29 is 55.2 Å². The lowest BCUT2D eigenvalue weighted by Gasteiger charge is -2.41. The van der Waals surface area contributed by atoms with Gasteiger partial charge in [-0.15, -0.1) is 0 Å². The van der Waals surface area contributed by atoms with Crippen molar-refractivity contribution in [1.29, 1.82) is 0 Å². The zero-order valence-corrected chi connectivity index (χ0v) is 45.0. The third kappa shape index (κ3) is 17.5. The standard InChI is InChI=1S/C27H36N4O5S.C24H31N5O4.CH4O3S/c1-26(2,28)25(33)29-22(18-36-17-20-9-5-4-6-10-20)24(32)30-15-13-27(14-16-30)19-31(37(3,34)35)23-12-8-7-11-21(23)27;1-3-16-6-8-19(27-23(16)25-2)9-7-17-10-12-29(24(17)33)15-21(30)28-20(13-22(31)32)18-5-4-11-26-14-18;1-5(2,3)4/h4-12,22H,13-19,28H2,1-3H3,(H,29,33);4-6,8,11,14,17,20H,3,7,9-10,12-13,15H2,1-2H3,(H,25,27)(H,28,30)(H,31,32);1H3,(H,2,3,4)/t22-;17-,20-;/m10./s1. The summed E-state index contributed by atoms with van der Waals surface area (Å²) in [6, 6.07) is 23.1. The predicted molar refractivity (Wildman–Crippen MR) is 283 cm³/mol. The van der Waals surface area contributed by atoms with Gasteiger partial charge in [0, 0.05) is 62.6 Å². The minimum atomic E-state index is -3.67. The Kier molecular flexibility index (Phi) is 20.8. The van der Waals surface area contributed by atoms with E-state index in [-0.39, 0.29) is 48.6 Å². The number of ether oxygens (including phenoxy) is 1. The third-order valence-corrected chi connectivity index (χ3v) is 14.3. The second kappa shape index (κ2) is 26.3. The van der Waals surface area contributed by atoms with Gasteiger partial charge < -0.3 is 41.3 Å². The number of para-hydroxylation sites is 1. The van der Waals surface area contributed by atoms with E-state index >= 15 is 0 Å². The Morgan fingerprint density at radius 1 is 0.933 bits per heavy atom. The number of fused-ring (bicyclic) bond motifs is 2. The van der Waals surface area contributed by atoms with E-state index in [0.717, 1.165) is 40.3 Å². The average Bonchev–Trinajstić information content (AvgIpc) is 3.88. The summed E-state index contributed by atoms with van der Waals surface area (Å²) in [7, 11) is -5.23. The van der Waals surface area contributed by atoms with Crippen LogP contribution in [0.15, 0.2) is 91.3 Å². The summed E-state index contributed by atoms with van der Waals surface area (Å²) in [5.74, 6) is -1.38. The predicted octanol–water partition coefficient (Wildman–Crippen LogP) is 3.46. The van der Waals surface area contributed by atoms with Gasteiger partial charge in [0.15, 0.2) is 0 Å². The van der Waals surface area contributed by atoms with E-state index in [1.807, 2.05) is 67.7 Å². The van der Waals surface area contributed by atoms with Gasteiger partial charge in [0.1, 0.15) is 11.9 Å². The molecule has 3 atom stereocenters. The van der Waals surface area contributed by atoms with Crippen LogP contribution in [-0.2, 0) is 73.7 Å². The van der Waals surface area contributed by atoms with E-state index in [1.54, 1.807) is 42.0 Å². The van der Waals surface area contributed by atoms with Gasteiger partial charge in [-0.25, -0.2) is 13.4 Å². The van der Waals surface area contributed by atoms with Gasteiger partial charge in [-0.1, -0.05) is 67.6 Å². The molecule has 2 fully saturated rings. The van der Waals surface area contributed by atoms with E-state index in [0.29, 0.717) is 76.7 Å². The molecule has 3 aliphatic heterocycles. The van der Waals surface area contributed by atoms with Gasteiger partial charge in [0.05, 0.1) is 56.0 Å². The summed E-state index contributed by atoms with van der Waals surface area (Å²) in [5, 5.41) is 17.8. The molecule has 0 unspecified atom stereocenters. The molecule has 21 nitrogen and oxygen atoms in total. The van der Waals surface area contributed by atoms with Gasteiger partial charge in [-0.05, 0) is 92.8 Å². The van der Waals surface area contributed by atoms with E-state index in [9.17, 15) is 45.9 Å². The monoisotopic (exact) mass is 1080 g/mol. The molecule has 408 valence electrons. The molecule has 23 heteroatoms. The quantitative estimate of drug-likeness (QED) is 0.0733. The number of carboxylic acids is 1. The molecule has 2 aromatic carbocycles. The maximum atomic E-state index is 13.6. The number of nitrogens with two attached hydrogens (primary N) is 1. The highest BCUT2D eigenvalue weighted by Crippen LogP contribution is 2.48. The highest BCUT2D eigenvalue weighted by atomic mass is 32.2. The average molecular weight is 1080 g/mol. The summed E-state index contributed by atoms with van der Waals surface area (Å²) in [6.45, 7) is 7.28. The van der Waals surface area contributed by atoms with Crippen LogP contribution in [0.3, 0.4) is 0 Å². The molecule has 0 radical (unpaired) electrons. The van der Waals surface area contributed by atoms with Crippen molar-refractivity contribution in [1.82, 2.24) is 30.4 Å². The fraction of sp³-hybridized carbons (Fsp3) is 0.481. The fourth-order valence-electron chi connectivity index (χ4n) is 9.21. The summed E-state index contributed by atoms with van der Waals surface area (Å²) < 4.78 is 58.1. The second-order valence-corrected chi connectivity index (χ2v) is 22.9. The number of piperidine rings is 1. The van der Waals surface area contributed by atoms with Crippen LogP contribution in [0, 0.1) is 5.92 Å². The third-order valence-electron chi connectivity index (χ3n) is 13.2. The van der Waals surface area contributed by atoms with Gasteiger partial charge in [-0.2, -0.15) is 8.42 Å². The number of nitrogens with one attached hydrogen (secondary N) is 3. The molecule has 1 spiro atoms. The number of amides is 4. The Morgan fingerprint density at radius 2 is 1.60 bits per heavy atom. The van der Waals surface area contributed by atoms with E-state index in [2.05, 4.69) is 38.9 Å². The number of nitrogens with zero attached hydrogens (tertiary/aromatic N) is 5. The van der Waals surface area contributed by atoms with Crippen LogP contribution in [0.25, 0.3) is 0 Å². The number of pyridine rings is 2. The van der Waals surface area contributed by atoms with Crippen LogP contribution in [0.4, 0.5) is 11.5 Å². The molecule has 5 heterocycles.